The second-order valence-corrected chi connectivity index (χ2v) is 5.23. The summed E-state index contributed by atoms with van der Waals surface area (Å²) in [5.41, 5.74) is 1.45. The van der Waals surface area contributed by atoms with E-state index < -0.39 is 0 Å². The molecule has 1 aliphatic carbocycles. The number of fused-ring (bicyclic) bond motifs is 5. The van der Waals surface area contributed by atoms with Crippen LogP contribution in [0.1, 0.15) is 35.8 Å². The van der Waals surface area contributed by atoms with E-state index in [4.69, 9.17) is 11.6 Å². The van der Waals surface area contributed by atoms with Crippen molar-refractivity contribution >= 4 is 28.5 Å². The van der Waals surface area contributed by atoms with Gasteiger partial charge in [0.2, 0.25) is 5.28 Å². The SMILES string of the molecule is O=C1NC2CCCC2n2c1cc1cnc(Cl)nc12. The summed E-state index contributed by atoms with van der Waals surface area (Å²) in [5, 5.41) is 4.17. The quantitative estimate of drug-likeness (QED) is 0.738. The van der Waals surface area contributed by atoms with E-state index in [1.54, 1.807) is 6.20 Å². The zero-order valence-electron chi connectivity index (χ0n) is 9.56. The lowest BCUT2D eigenvalue weighted by atomic mass is 10.1. The van der Waals surface area contributed by atoms with Crippen LogP contribution in [0.5, 0.6) is 0 Å². The number of carbonyl (C=O) groups excluding carboxylic acids is 1. The lowest BCUT2D eigenvalue weighted by molar-refractivity contribution is 0.0891. The van der Waals surface area contributed by atoms with Gasteiger partial charge in [0.1, 0.15) is 11.3 Å². The normalized spacial score (nSPS) is 25.9. The number of nitrogens with zero attached hydrogens (tertiary/aromatic N) is 3. The van der Waals surface area contributed by atoms with Gasteiger partial charge in [-0.1, -0.05) is 0 Å². The second kappa shape index (κ2) is 3.45. The maximum Gasteiger partial charge on any atom is 0.268 e. The summed E-state index contributed by atoms with van der Waals surface area (Å²) < 4.78 is 2.04. The van der Waals surface area contributed by atoms with Crippen molar-refractivity contribution in [3.8, 4) is 0 Å². The van der Waals surface area contributed by atoms with Gasteiger partial charge in [-0.3, -0.25) is 4.79 Å². The largest absolute Gasteiger partial charge is 0.346 e. The van der Waals surface area contributed by atoms with Crippen molar-refractivity contribution in [3.63, 3.8) is 0 Å². The van der Waals surface area contributed by atoms with Gasteiger partial charge in [-0.25, -0.2) is 4.98 Å². The van der Waals surface area contributed by atoms with Crippen molar-refractivity contribution in [1.29, 1.82) is 0 Å². The maximum absolute atomic E-state index is 12.1. The Labute approximate surface area is 108 Å². The highest BCUT2D eigenvalue weighted by molar-refractivity contribution is 6.28. The van der Waals surface area contributed by atoms with Crippen LogP contribution in [0.15, 0.2) is 12.3 Å². The first kappa shape index (κ1) is 10.3. The maximum atomic E-state index is 12.1. The first-order chi connectivity index (χ1) is 8.74. The zero-order chi connectivity index (χ0) is 12.3. The van der Waals surface area contributed by atoms with E-state index in [0.717, 1.165) is 30.3 Å². The molecule has 4 rings (SSSR count). The molecule has 0 aromatic carbocycles. The average molecular weight is 263 g/mol. The third-order valence-corrected chi connectivity index (χ3v) is 4.09. The molecule has 0 saturated heterocycles. The fourth-order valence-electron chi connectivity index (χ4n) is 3.16. The lowest BCUT2D eigenvalue weighted by Gasteiger charge is -2.29. The van der Waals surface area contributed by atoms with Gasteiger partial charge in [-0.15, -0.1) is 0 Å². The summed E-state index contributed by atoms with van der Waals surface area (Å²) in [7, 11) is 0. The highest BCUT2D eigenvalue weighted by Gasteiger charge is 2.38. The average Bonchev–Trinajstić information content (AvgIpc) is 2.92. The number of hydrogen-bond acceptors (Lipinski definition) is 3. The molecule has 6 heteroatoms. The Hall–Kier alpha value is -1.62. The van der Waals surface area contributed by atoms with Crippen LogP contribution in [-0.4, -0.2) is 26.5 Å². The molecule has 0 bridgehead atoms. The highest BCUT2D eigenvalue weighted by Crippen LogP contribution is 2.37. The molecule has 2 aliphatic rings. The predicted molar refractivity (Wildman–Crippen MR) is 66.7 cm³/mol. The first-order valence-electron chi connectivity index (χ1n) is 6.08. The van der Waals surface area contributed by atoms with E-state index in [0.29, 0.717) is 11.7 Å². The fourth-order valence-corrected chi connectivity index (χ4v) is 3.29. The lowest BCUT2D eigenvalue weighted by Crippen LogP contribution is -2.44. The van der Waals surface area contributed by atoms with E-state index in [1.165, 1.54) is 0 Å². The number of aromatic nitrogens is 3. The number of amides is 1. The van der Waals surface area contributed by atoms with Crippen LogP contribution in [-0.2, 0) is 0 Å². The number of rotatable bonds is 0. The zero-order valence-corrected chi connectivity index (χ0v) is 10.3. The van der Waals surface area contributed by atoms with Gasteiger partial charge < -0.3 is 9.88 Å². The van der Waals surface area contributed by atoms with E-state index in [-0.39, 0.29) is 17.2 Å². The third-order valence-electron chi connectivity index (χ3n) is 3.91. The number of nitrogens with one attached hydrogen (secondary N) is 1. The highest BCUT2D eigenvalue weighted by atomic mass is 35.5. The van der Waals surface area contributed by atoms with Crippen molar-refractivity contribution in [2.24, 2.45) is 0 Å². The molecule has 1 fully saturated rings. The molecule has 92 valence electrons. The molecular weight excluding hydrogens is 252 g/mol. The van der Waals surface area contributed by atoms with Crippen LogP contribution in [0.25, 0.3) is 11.0 Å². The van der Waals surface area contributed by atoms with Gasteiger partial charge in [0.15, 0.2) is 0 Å². The standard InChI is InChI=1S/C12H11ClN4O/c13-12-14-5-6-4-9-11(18)15-7-2-1-3-8(7)17(9)10(6)16-12/h4-5,7-8H,1-3H2,(H,15,18). The first-order valence-corrected chi connectivity index (χ1v) is 6.46. The minimum Gasteiger partial charge on any atom is -0.346 e. The van der Waals surface area contributed by atoms with Crippen LogP contribution < -0.4 is 5.32 Å². The van der Waals surface area contributed by atoms with Gasteiger partial charge in [0, 0.05) is 11.6 Å². The second-order valence-electron chi connectivity index (χ2n) is 4.90. The van der Waals surface area contributed by atoms with Crippen LogP contribution in [0.4, 0.5) is 0 Å². The molecule has 2 aromatic heterocycles. The molecule has 2 aromatic rings. The van der Waals surface area contributed by atoms with Crippen LogP contribution in [0.2, 0.25) is 5.28 Å². The molecule has 1 saturated carbocycles. The van der Waals surface area contributed by atoms with E-state index in [9.17, 15) is 4.79 Å². The Morgan fingerprint density at radius 2 is 2.33 bits per heavy atom. The summed E-state index contributed by atoms with van der Waals surface area (Å²) in [6.45, 7) is 0. The predicted octanol–water partition coefficient (Wildman–Crippen LogP) is 1.92. The van der Waals surface area contributed by atoms with Crippen LogP contribution >= 0.6 is 11.6 Å². The molecule has 1 aliphatic heterocycles. The number of carbonyl (C=O) groups is 1. The van der Waals surface area contributed by atoms with Crippen molar-refractivity contribution in [1.82, 2.24) is 19.9 Å². The van der Waals surface area contributed by atoms with E-state index >= 15 is 0 Å². The molecule has 1 N–H and O–H groups in total. The molecule has 3 heterocycles. The topological polar surface area (TPSA) is 59.8 Å². The van der Waals surface area contributed by atoms with E-state index in [1.807, 2.05) is 10.6 Å². The summed E-state index contributed by atoms with van der Waals surface area (Å²) in [5.74, 6) is -0.0210. The van der Waals surface area contributed by atoms with Crippen molar-refractivity contribution in [3.05, 3.63) is 23.2 Å². The Balaban J connectivity index is 2.04. The Bertz CT molecular complexity index is 665. The van der Waals surface area contributed by atoms with Gasteiger partial charge in [0.25, 0.3) is 5.91 Å². The Morgan fingerprint density at radius 3 is 3.22 bits per heavy atom. The van der Waals surface area contributed by atoms with Crippen LogP contribution in [0.3, 0.4) is 0 Å². The van der Waals surface area contributed by atoms with Gasteiger partial charge >= 0.3 is 0 Å². The number of halogens is 1. The van der Waals surface area contributed by atoms with Gasteiger partial charge in [-0.05, 0) is 36.9 Å². The van der Waals surface area contributed by atoms with Crippen molar-refractivity contribution < 1.29 is 4.79 Å². The molecule has 0 radical (unpaired) electrons. The third kappa shape index (κ3) is 1.25. The van der Waals surface area contributed by atoms with Gasteiger partial charge in [0.05, 0.1) is 12.1 Å². The summed E-state index contributed by atoms with van der Waals surface area (Å²) in [4.78, 5) is 20.3. The molecule has 2 atom stereocenters. The fraction of sp³-hybridized carbons (Fsp3) is 0.417. The Kier molecular flexibility index (Phi) is 1.97. The smallest absolute Gasteiger partial charge is 0.268 e. The molecule has 2 unspecified atom stereocenters. The molecule has 5 nitrogen and oxygen atoms in total. The van der Waals surface area contributed by atoms with Crippen molar-refractivity contribution in [2.75, 3.05) is 0 Å². The molecule has 0 spiro atoms. The Morgan fingerprint density at radius 1 is 1.44 bits per heavy atom. The van der Waals surface area contributed by atoms with Gasteiger partial charge in [-0.2, -0.15) is 4.98 Å². The van der Waals surface area contributed by atoms with E-state index in [2.05, 4.69) is 15.3 Å². The monoisotopic (exact) mass is 262 g/mol. The van der Waals surface area contributed by atoms with Crippen LogP contribution in [0, 0.1) is 0 Å². The van der Waals surface area contributed by atoms with Crippen molar-refractivity contribution in [2.45, 2.75) is 31.3 Å². The summed E-state index contributed by atoms with van der Waals surface area (Å²) >= 11 is 5.86. The number of hydrogen-bond donors (Lipinski definition) is 1. The molecular formula is C12H11ClN4O. The summed E-state index contributed by atoms with van der Waals surface area (Å²) in [6.07, 6.45) is 4.92. The minimum atomic E-state index is -0.0210. The minimum absolute atomic E-state index is 0.0210. The summed E-state index contributed by atoms with van der Waals surface area (Å²) in [6, 6.07) is 2.38. The molecule has 1 amide bonds. The molecule has 18 heavy (non-hydrogen) atoms.